The van der Waals surface area contributed by atoms with Gasteiger partial charge in [-0.2, -0.15) is 0 Å². The number of fused-ring (bicyclic) bond motifs is 1. The number of hydrogen-bond donors (Lipinski definition) is 0. The van der Waals surface area contributed by atoms with Crippen LogP contribution < -0.4 is 14.2 Å². The highest BCUT2D eigenvalue weighted by Gasteiger charge is 2.18. The minimum atomic E-state index is -0.416. The number of methoxy groups -OCH3 is 2. The van der Waals surface area contributed by atoms with Crippen LogP contribution in [-0.2, 0) is 11.2 Å². The Hall–Kier alpha value is -3.28. The molecule has 30 heavy (non-hydrogen) atoms. The van der Waals surface area contributed by atoms with E-state index in [0.29, 0.717) is 28.9 Å². The number of pyridine rings is 1. The summed E-state index contributed by atoms with van der Waals surface area (Å²) in [6.07, 6.45) is 2.24. The molecule has 158 valence electrons. The van der Waals surface area contributed by atoms with Crippen molar-refractivity contribution in [2.45, 2.75) is 33.3 Å². The van der Waals surface area contributed by atoms with Gasteiger partial charge in [-0.15, -0.1) is 0 Å². The maximum atomic E-state index is 12.5. The van der Waals surface area contributed by atoms with Crippen LogP contribution in [0.3, 0.4) is 0 Å². The van der Waals surface area contributed by atoms with Crippen LogP contribution in [-0.4, -0.2) is 37.9 Å². The molecule has 6 nitrogen and oxygen atoms in total. The minimum absolute atomic E-state index is 0.0970. The number of rotatable bonds is 8. The van der Waals surface area contributed by atoms with Crippen molar-refractivity contribution in [3.8, 4) is 17.2 Å². The fraction of sp³-hybridized carbons (Fsp3) is 0.333. The molecule has 0 aliphatic carbocycles. The lowest BCUT2D eigenvalue weighted by Crippen LogP contribution is -2.08. The van der Waals surface area contributed by atoms with E-state index in [0.717, 1.165) is 22.4 Å². The third-order valence-corrected chi connectivity index (χ3v) is 4.61. The first-order valence-corrected chi connectivity index (χ1v) is 9.93. The predicted molar refractivity (Wildman–Crippen MR) is 116 cm³/mol. The summed E-state index contributed by atoms with van der Waals surface area (Å²) >= 11 is 0. The number of hydrogen-bond acceptors (Lipinski definition) is 6. The van der Waals surface area contributed by atoms with Crippen LogP contribution in [0.15, 0.2) is 42.6 Å². The number of aromatic nitrogens is 1. The minimum Gasteiger partial charge on any atom is -0.493 e. The SMILES string of the molecule is CCOC(=O)c1cnc(Cc2cccc(OC(C)C)c2)c2cc(OC)c(OC)cc12. The monoisotopic (exact) mass is 409 g/mol. The normalized spacial score (nSPS) is 10.9. The van der Waals surface area contributed by atoms with Gasteiger partial charge < -0.3 is 18.9 Å². The first kappa shape index (κ1) is 21.4. The smallest absolute Gasteiger partial charge is 0.340 e. The second kappa shape index (κ2) is 9.48. The molecule has 0 spiro atoms. The molecule has 0 aliphatic rings. The molecule has 0 fully saturated rings. The number of carbonyl (C=O) groups is 1. The molecule has 0 amide bonds. The highest BCUT2D eigenvalue weighted by molar-refractivity contribution is 6.05. The molecule has 0 radical (unpaired) electrons. The average Bonchev–Trinajstić information content (AvgIpc) is 2.72. The summed E-state index contributed by atoms with van der Waals surface area (Å²) in [6.45, 7) is 6.06. The van der Waals surface area contributed by atoms with Crippen molar-refractivity contribution < 1.29 is 23.7 Å². The van der Waals surface area contributed by atoms with Gasteiger partial charge in [-0.1, -0.05) is 12.1 Å². The van der Waals surface area contributed by atoms with Crippen molar-refractivity contribution in [3.63, 3.8) is 0 Å². The van der Waals surface area contributed by atoms with Crippen LogP contribution in [0.4, 0.5) is 0 Å². The molecular weight excluding hydrogens is 382 g/mol. The summed E-state index contributed by atoms with van der Waals surface area (Å²) in [5, 5.41) is 1.53. The Morgan fingerprint density at radius 3 is 2.37 bits per heavy atom. The molecule has 2 aromatic carbocycles. The van der Waals surface area contributed by atoms with Crippen molar-refractivity contribution in [1.29, 1.82) is 0 Å². The summed E-state index contributed by atoms with van der Waals surface area (Å²) in [7, 11) is 3.15. The topological polar surface area (TPSA) is 66.9 Å². The lowest BCUT2D eigenvalue weighted by atomic mass is 10.00. The van der Waals surface area contributed by atoms with Crippen LogP contribution in [0.2, 0.25) is 0 Å². The van der Waals surface area contributed by atoms with E-state index in [2.05, 4.69) is 4.98 Å². The van der Waals surface area contributed by atoms with E-state index in [1.807, 2.05) is 44.2 Å². The summed E-state index contributed by atoms with van der Waals surface area (Å²) < 4.78 is 21.9. The fourth-order valence-electron chi connectivity index (χ4n) is 3.33. The largest absolute Gasteiger partial charge is 0.493 e. The molecule has 0 aliphatic heterocycles. The van der Waals surface area contributed by atoms with Gasteiger partial charge in [0.05, 0.1) is 38.2 Å². The molecule has 1 aromatic heterocycles. The molecule has 1 heterocycles. The van der Waals surface area contributed by atoms with E-state index in [9.17, 15) is 4.79 Å². The summed E-state index contributed by atoms with van der Waals surface area (Å²) in [5.74, 6) is 1.52. The Labute approximate surface area is 176 Å². The van der Waals surface area contributed by atoms with E-state index in [-0.39, 0.29) is 12.7 Å². The third kappa shape index (κ3) is 4.64. The molecule has 0 bridgehead atoms. The Morgan fingerprint density at radius 2 is 1.73 bits per heavy atom. The Bertz CT molecular complexity index is 1050. The molecule has 0 unspecified atom stereocenters. The fourth-order valence-corrected chi connectivity index (χ4v) is 3.33. The quantitative estimate of drug-likeness (QED) is 0.498. The van der Waals surface area contributed by atoms with Gasteiger partial charge in [-0.3, -0.25) is 4.98 Å². The third-order valence-electron chi connectivity index (χ3n) is 4.61. The molecule has 0 N–H and O–H groups in total. The van der Waals surface area contributed by atoms with Gasteiger partial charge in [0, 0.05) is 23.4 Å². The van der Waals surface area contributed by atoms with Crippen molar-refractivity contribution in [2.24, 2.45) is 0 Å². The Balaban J connectivity index is 2.11. The zero-order valence-electron chi connectivity index (χ0n) is 18.0. The van der Waals surface area contributed by atoms with Gasteiger partial charge in [0.2, 0.25) is 0 Å². The first-order chi connectivity index (χ1) is 14.5. The Kier molecular flexibility index (Phi) is 6.77. The van der Waals surface area contributed by atoms with Gasteiger partial charge in [0.1, 0.15) is 5.75 Å². The van der Waals surface area contributed by atoms with Gasteiger partial charge in [-0.05, 0) is 50.6 Å². The van der Waals surface area contributed by atoms with Crippen LogP contribution in [0.25, 0.3) is 10.8 Å². The number of esters is 1. The van der Waals surface area contributed by atoms with E-state index >= 15 is 0 Å². The second-order valence-electron chi connectivity index (χ2n) is 7.08. The van der Waals surface area contributed by atoms with Crippen molar-refractivity contribution >= 4 is 16.7 Å². The summed E-state index contributed by atoms with van der Waals surface area (Å²) in [4.78, 5) is 17.1. The van der Waals surface area contributed by atoms with Gasteiger partial charge in [0.25, 0.3) is 0 Å². The van der Waals surface area contributed by atoms with Crippen LogP contribution in [0.1, 0.15) is 42.4 Å². The van der Waals surface area contributed by atoms with Crippen LogP contribution >= 0.6 is 0 Å². The van der Waals surface area contributed by atoms with Gasteiger partial charge in [-0.25, -0.2) is 4.79 Å². The average molecular weight is 409 g/mol. The zero-order chi connectivity index (χ0) is 21.7. The molecule has 0 saturated carbocycles. The highest BCUT2D eigenvalue weighted by atomic mass is 16.5. The number of nitrogens with zero attached hydrogens (tertiary/aromatic N) is 1. The lowest BCUT2D eigenvalue weighted by Gasteiger charge is -2.15. The molecule has 3 rings (SSSR count). The van der Waals surface area contributed by atoms with E-state index in [1.165, 1.54) is 0 Å². The summed E-state index contributed by atoms with van der Waals surface area (Å²) in [5.41, 5.74) is 2.27. The summed E-state index contributed by atoms with van der Waals surface area (Å²) in [6, 6.07) is 11.6. The standard InChI is InChI=1S/C24H27NO5/c1-6-29-24(26)20-14-25-21(11-16-8-7-9-17(10-16)30-15(2)3)19-13-23(28-5)22(27-4)12-18(19)20/h7-10,12-15H,6,11H2,1-5H3. The Morgan fingerprint density at radius 1 is 1.03 bits per heavy atom. The lowest BCUT2D eigenvalue weighted by molar-refractivity contribution is 0.0528. The number of carbonyl (C=O) groups excluding carboxylic acids is 1. The van der Waals surface area contributed by atoms with Crippen molar-refractivity contribution in [1.82, 2.24) is 4.98 Å². The molecule has 0 saturated heterocycles. The van der Waals surface area contributed by atoms with Crippen LogP contribution in [0, 0.1) is 0 Å². The van der Waals surface area contributed by atoms with E-state index in [4.69, 9.17) is 18.9 Å². The maximum absolute atomic E-state index is 12.5. The van der Waals surface area contributed by atoms with Crippen LogP contribution in [0.5, 0.6) is 17.2 Å². The molecule has 0 atom stereocenters. The van der Waals surface area contributed by atoms with E-state index in [1.54, 1.807) is 33.4 Å². The number of ether oxygens (including phenoxy) is 4. The molecular formula is C24H27NO5. The van der Waals surface area contributed by atoms with Gasteiger partial charge >= 0.3 is 5.97 Å². The second-order valence-corrected chi connectivity index (χ2v) is 7.08. The zero-order valence-corrected chi connectivity index (χ0v) is 18.0. The van der Waals surface area contributed by atoms with Crippen molar-refractivity contribution in [2.75, 3.05) is 20.8 Å². The van der Waals surface area contributed by atoms with Crippen molar-refractivity contribution in [3.05, 3.63) is 59.4 Å². The predicted octanol–water partition coefficient (Wildman–Crippen LogP) is 4.81. The van der Waals surface area contributed by atoms with E-state index < -0.39 is 5.97 Å². The molecule has 6 heteroatoms. The maximum Gasteiger partial charge on any atom is 0.340 e. The molecule has 3 aromatic rings. The van der Waals surface area contributed by atoms with Gasteiger partial charge in [0.15, 0.2) is 11.5 Å². The first-order valence-electron chi connectivity index (χ1n) is 9.93. The number of benzene rings is 2. The highest BCUT2D eigenvalue weighted by Crippen LogP contribution is 2.35.